The van der Waals surface area contributed by atoms with Gasteiger partial charge in [-0.05, 0) is 62.2 Å². The van der Waals surface area contributed by atoms with E-state index in [4.69, 9.17) is 16.3 Å². The van der Waals surface area contributed by atoms with Gasteiger partial charge in [0.2, 0.25) is 10.0 Å². The fourth-order valence-corrected chi connectivity index (χ4v) is 4.17. The maximum atomic E-state index is 12.5. The van der Waals surface area contributed by atoms with Gasteiger partial charge < -0.3 is 10.1 Å². The minimum atomic E-state index is -3.31. The lowest BCUT2D eigenvalue weighted by Gasteiger charge is -2.16. The lowest BCUT2D eigenvalue weighted by Crippen LogP contribution is -2.27. The smallest absolute Gasteiger partial charge is 0.255 e. The van der Waals surface area contributed by atoms with E-state index in [1.165, 1.54) is 10.6 Å². The summed E-state index contributed by atoms with van der Waals surface area (Å²) in [4.78, 5) is 12.5. The van der Waals surface area contributed by atoms with E-state index in [-0.39, 0.29) is 12.0 Å². The molecule has 0 unspecified atom stereocenters. The lowest BCUT2D eigenvalue weighted by atomic mass is 10.1. The van der Waals surface area contributed by atoms with E-state index in [1.807, 2.05) is 13.8 Å². The molecule has 1 amide bonds. The van der Waals surface area contributed by atoms with Crippen LogP contribution in [-0.2, 0) is 16.4 Å². The van der Waals surface area contributed by atoms with Gasteiger partial charge in [0.15, 0.2) is 0 Å². The van der Waals surface area contributed by atoms with Crippen LogP contribution in [0.5, 0.6) is 5.75 Å². The van der Waals surface area contributed by atoms with Crippen LogP contribution in [0.15, 0.2) is 36.4 Å². The van der Waals surface area contributed by atoms with Crippen molar-refractivity contribution in [2.24, 2.45) is 0 Å². The summed E-state index contributed by atoms with van der Waals surface area (Å²) < 4.78 is 30.6. The number of amides is 1. The standard InChI is InChI=1S/C19H21ClN2O4S/c1-12(2)26-18-7-5-15(11-16(18)20)21-19(23)14-4-6-17-13(10-14)8-9-22(17)27(3,24)25/h4-7,10-12H,8-9H2,1-3H3,(H,21,23). The molecule has 27 heavy (non-hydrogen) atoms. The molecule has 0 saturated heterocycles. The number of benzene rings is 2. The molecule has 2 aromatic rings. The predicted octanol–water partition coefficient (Wildman–Crippen LogP) is 3.70. The fourth-order valence-electron chi connectivity index (χ4n) is 2.99. The van der Waals surface area contributed by atoms with E-state index in [9.17, 15) is 13.2 Å². The first-order valence-corrected chi connectivity index (χ1v) is 10.8. The summed E-state index contributed by atoms with van der Waals surface area (Å²) in [5.41, 5.74) is 2.49. The summed E-state index contributed by atoms with van der Waals surface area (Å²) in [6.45, 7) is 4.21. The van der Waals surface area contributed by atoms with Gasteiger partial charge in [-0.25, -0.2) is 8.42 Å². The fraction of sp³-hybridized carbons (Fsp3) is 0.316. The van der Waals surface area contributed by atoms with E-state index < -0.39 is 10.0 Å². The highest BCUT2D eigenvalue weighted by atomic mass is 35.5. The zero-order valence-electron chi connectivity index (χ0n) is 15.3. The van der Waals surface area contributed by atoms with E-state index >= 15 is 0 Å². The van der Waals surface area contributed by atoms with Crippen LogP contribution in [0.3, 0.4) is 0 Å². The zero-order chi connectivity index (χ0) is 19.8. The van der Waals surface area contributed by atoms with Crippen LogP contribution in [0.1, 0.15) is 29.8 Å². The van der Waals surface area contributed by atoms with Crippen molar-refractivity contribution in [1.82, 2.24) is 0 Å². The van der Waals surface area contributed by atoms with Gasteiger partial charge in [-0.1, -0.05) is 11.6 Å². The summed E-state index contributed by atoms with van der Waals surface area (Å²) in [7, 11) is -3.31. The molecule has 0 radical (unpaired) electrons. The van der Waals surface area contributed by atoms with Gasteiger partial charge in [0.05, 0.1) is 23.1 Å². The lowest BCUT2D eigenvalue weighted by molar-refractivity contribution is 0.102. The molecule has 1 aliphatic heterocycles. The Morgan fingerprint density at radius 2 is 1.96 bits per heavy atom. The number of ether oxygens (including phenoxy) is 1. The Kier molecular flexibility index (Phi) is 5.35. The average molecular weight is 409 g/mol. The van der Waals surface area contributed by atoms with Crippen LogP contribution in [0, 0.1) is 0 Å². The van der Waals surface area contributed by atoms with Crippen molar-refractivity contribution in [3.63, 3.8) is 0 Å². The molecule has 0 aromatic heterocycles. The number of carbonyl (C=O) groups is 1. The zero-order valence-corrected chi connectivity index (χ0v) is 16.9. The van der Waals surface area contributed by atoms with Crippen LogP contribution in [0.25, 0.3) is 0 Å². The Bertz CT molecular complexity index is 989. The summed E-state index contributed by atoms with van der Waals surface area (Å²) in [6, 6.07) is 10.1. The number of fused-ring (bicyclic) bond motifs is 1. The van der Waals surface area contributed by atoms with Gasteiger partial charge >= 0.3 is 0 Å². The number of hydrogen-bond donors (Lipinski definition) is 1. The van der Waals surface area contributed by atoms with Gasteiger partial charge in [-0.15, -0.1) is 0 Å². The average Bonchev–Trinajstić information content (AvgIpc) is 3.00. The number of rotatable bonds is 5. The number of hydrogen-bond acceptors (Lipinski definition) is 4. The number of nitrogens with one attached hydrogen (secondary N) is 1. The van der Waals surface area contributed by atoms with Crippen molar-refractivity contribution in [2.45, 2.75) is 26.4 Å². The SMILES string of the molecule is CC(C)Oc1ccc(NC(=O)c2ccc3c(c2)CCN3S(C)(=O)=O)cc1Cl. The highest BCUT2D eigenvalue weighted by Crippen LogP contribution is 2.32. The number of sulfonamides is 1. The van der Waals surface area contributed by atoms with Crippen molar-refractivity contribution in [2.75, 3.05) is 22.4 Å². The first-order chi connectivity index (χ1) is 12.6. The molecular weight excluding hydrogens is 388 g/mol. The molecule has 8 heteroatoms. The molecule has 1 heterocycles. The normalized spacial score (nSPS) is 13.6. The van der Waals surface area contributed by atoms with Crippen LogP contribution >= 0.6 is 11.6 Å². The largest absolute Gasteiger partial charge is 0.489 e. The van der Waals surface area contributed by atoms with Crippen molar-refractivity contribution < 1.29 is 17.9 Å². The second-order valence-corrected chi connectivity index (χ2v) is 9.01. The number of anilines is 2. The van der Waals surface area contributed by atoms with Crippen LogP contribution in [0.2, 0.25) is 5.02 Å². The Hall–Kier alpha value is -2.25. The molecule has 1 aliphatic rings. The van der Waals surface area contributed by atoms with Gasteiger partial charge in [0.25, 0.3) is 5.91 Å². The maximum Gasteiger partial charge on any atom is 0.255 e. The summed E-state index contributed by atoms with van der Waals surface area (Å²) >= 11 is 6.20. The van der Waals surface area contributed by atoms with Gasteiger partial charge in [-0.3, -0.25) is 9.10 Å². The molecule has 0 fully saturated rings. The molecule has 0 bridgehead atoms. The quantitative estimate of drug-likeness (QED) is 0.818. The third-order valence-electron chi connectivity index (χ3n) is 4.15. The Morgan fingerprint density at radius 3 is 2.59 bits per heavy atom. The topological polar surface area (TPSA) is 75.7 Å². The van der Waals surface area contributed by atoms with E-state index in [0.29, 0.717) is 40.7 Å². The van der Waals surface area contributed by atoms with E-state index in [0.717, 1.165) is 5.56 Å². The summed E-state index contributed by atoms with van der Waals surface area (Å²) in [5, 5.41) is 3.22. The summed E-state index contributed by atoms with van der Waals surface area (Å²) in [5.74, 6) is 0.271. The molecule has 144 valence electrons. The number of carbonyl (C=O) groups excluding carboxylic acids is 1. The molecule has 6 nitrogen and oxygen atoms in total. The number of halogens is 1. The number of nitrogens with zero attached hydrogens (tertiary/aromatic N) is 1. The molecular formula is C19H21ClN2O4S. The van der Waals surface area contributed by atoms with Crippen LogP contribution in [0.4, 0.5) is 11.4 Å². The van der Waals surface area contributed by atoms with Crippen molar-refractivity contribution in [3.8, 4) is 5.75 Å². The van der Waals surface area contributed by atoms with E-state index in [1.54, 1.807) is 36.4 Å². The molecule has 0 saturated carbocycles. The molecule has 1 N–H and O–H groups in total. The Balaban J connectivity index is 1.77. The predicted molar refractivity (Wildman–Crippen MR) is 108 cm³/mol. The van der Waals surface area contributed by atoms with E-state index in [2.05, 4.69) is 5.32 Å². The third-order valence-corrected chi connectivity index (χ3v) is 5.62. The van der Waals surface area contributed by atoms with Gasteiger partial charge in [0.1, 0.15) is 5.75 Å². The van der Waals surface area contributed by atoms with Crippen molar-refractivity contribution in [1.29, 1.82) is 0 Å². The molecule has 0 aliphatic carbocycles. The monoisotopic (exact) mass is 408 g/mol. The maximum absolute atomic E-state index is 12.5. The van der Waals surface area contributed by atoms with Crippen molar-refractivity contribution >= 4 is 38.9 Å². The van der Waals surface area contributed by atoms with Crippen LogP contribution < -0.4 is 14.4 Å². The minimum absolute atomic E-state index is 0.000792. The van der Waals surface area contributed by atoms with Crippen LogP contribution in [-0.4, -0.2) is 33.2 Å². The highest BCUT2D eigenvalue weighted by molar-refractivity contribution is 7.92. The first kappa shape index (κ1) is 19.5. The second kappa shape index (κ2) is 7.40. The molecule has 0 atom stereocenters. The summed E-state index contributed by atoms with van der Waals surface area (Å²) in [6.07, 6.45) is 1.76. The second-order valence-electron chi connectivity index (χ2n) is 6.69. The highest BCUT2D eigenvalue weighted by Gasteiger charge is 2.26. The third kappa shape index (κ3) is 4.36. The molecule has 3 rings (SSSR count). The first-order valence-electron chi connectivity index (χ1n) is 8.53. The van der Waals surface area contributed by atoms with Gasteiger partial charge in [0, 0.05) is 17.8 Å². The molecule has 0 spiro atoms. The Labute approximate surface area is 164 Å². The van der Waals surface area contributed by atoms with Crippen molar-refractivity contribution in [3.05, 3.63) is 52.5 Å². The van der Waals surface area contributed by atoms with Gasteiger partial charge in [-0.2, -0.15) is 0 Å². The molecule has 2 aromatic carbocycles. The minimum Gasteiger partial charge on any atom is -0.489 e. The Morgan fingerprint density at radius 1 is 1.22 bits per heavy atom.